The van der Waals surface area contributed by atoms with Crippen LogP contribution in [0.2, 0.25) is 0 Å². The number of halogens is 3. The molecule has 0 amide bonds. The van der Waals surface area contributed by atoms with Gasteiger partial charge in [-0.3, -0.25) is 0 Å². The van der Waals surface area contributed by atoms with Gasteiger partial charge in [0.25, 0.3) is 0 Å². The molecular weight excluding hydrogens is 277 g/mol. The third kappa shape index (κ3) is 1.70. The van der Waals surface area contributed by atoms with Crippen molar-refractivity contribution in [3.05, 3.63) is 60.3 Å². The molecule has 21 heavy (non-hydrogen) atoms. The van der Waals surface area contributed by atoms with Gasteiger partial charge in [-0.15, -0.1) is 0 Å². The SMILES string of the molecule is FC(F)(F)c1ccc2c3ccccc3c3ccnn3c2c1. The van der Waals surface area contributed by atoms with Crippen LogP contribution >= 0.6 is 0 Å². The second-order valence-corrected chi connectivity index (χ2v) is 4.90. The van der Waals surface area contributed by atoms with Crippen molar-refractivity contribution >= 4 is 27.2 Å². The highest BCUT2D eigenvalue weighted by Gasteiger charge is 2.30. The minimum atomic E-state index is -4.36. The van der Waals surface area contributed by atoms with E-state index in [0.717, 1.165) is 33.8 Å². The average Bonchev–Trinajstić information content (AvgIpc) is 2.96. The average molecular weight is 286 g/mol. The van der Waals surface area contributed by atoms with Gasteiger partial charge in [-0.2, -0.15) is 18.3 Å². The van der Waals surface area contributed by atoms with Gasteiger partial charge in [-0.25, -0.2) is 4.52 Å². The smallest absolute Gasteiger partial charge is 0.232 e. The largest absolute Gasteiger partial charge is 0.416 e. The van der Waals surface area contributed by atoms with Crippen LogP contribution in [0.15, 0.2) is 54.7 Å². The predicted molar refractivity (Wildman–Crippen MR) is 75.2 cm³/mol. The maximum atomic E-state index is 12.9. The number of hydrogen-bond acceptors (Lipinski definition) is 1. The molecule has 0 unspecified atom stereocenters. The second kappa shape index (κ2) is 3.97. The summed E-state index contributed by atoms with van der Waals surface area (Å²) in [6, 6.07) is 13.2. The monoisotopic (exact) mass is 286 g/mol. The number of hydrogen-bond donors (Lipinski definition) is 0. The molecule has 0 saturated heterocycles. The molecule has 0 radical (unpaired) electrons. The highest BCUT2D eigenvalue weighted by Crippen LogP contribution is 2.34. The zero-order chi connectivity index (χ0) is 14.6. The maximum absolute atomic E-state index is 12.9. The Morgan fingerprint density at radius 2 is 1.52 bits per heavy atom. The van der Waals surface area contributed by atoms with Crippen LogP contribution in [0.25, 0.3) is 27.2 Å². The van der Waals surface area contributed by atoms with E-state index in [1.807, 2.05) is 30.3 Å². The number of rotatable bonds is 0. The van der Waals surface area contributed by atoms with Crippen LogP contribution < -0.4 is 0 Å². The van der Waals surface area contributed by atoms with Gasteiger partial charge in [-0.1, -0.05) is 30.3 Å². The second-order valence-electron chi connectivity index (χ2n) is 4.90. The normalized spacial score (nSPS) is 12.5. The Kier molecular flexibility index (Phi) is 2.31. The number of alkyl halides is 3. The van der Waals surface area contributed by atoms with Crippen molar-refractivity contribution in [2.75, 3.05) is 0 Å². The molecule has 2 aromatic carbocycles. The molecule has 0 aliphatic heterocycles. The Balaban J connectivity index is 2.25. The summed E-state index contributed by atoms with van der Waals surface area (Å²) in [4.78, 5) is 0. The quantitative estimate of drug-likeness (QED) is 0.430. The summed E-state index contributed by atoms with van der Waals surface area (Å²) < 4.78 is 40.3. The minimum Gasteiger partial charge on any atom is -0.232 e. The van der Waals surface area contributed by atoms with E-state index >= 15 is 0 Å². The molecule has 0 fully saturated rings. The first-order chi connectivity index (χ1) is 10.1. The molecule has 0 aliphatic carbocycles. The molecule has 0 spiro atoms. The van der Waals surface area contributed by atoms with E-state index in [2.05, 4.69) is 5.10 Å². The first kappa shape index (κ1) is 12.2. The number of aromatic nitrogens is 2. The van der Waals surface area contributed by atoms with Crippen LogP contribution in [0.5, 0.6) is 0 Å². The molecule has 4 rings (SSSR count). The number of pyridine rings is 1. The highest BCUT2D eigenvalue weighted by atomic mass is 19.4. The molecule has 0 bridgehead atoms. The fourth-order valence-electron chi connectivity index (χ4n) is 2.75. The lowest BCUT2D eigenvalue weighted by molar-refractivity contribution is -0.137. The van der Waals surface area contributed by atoms with Crippen molar-refractivity contribution in [1.82, 2.24) is 9.61 Å². The van der Waals surface area contributed by atoms with Crippen molar-refractivity contribution in [2.24, 2.45) is 0 Å². The summed E-state index contributed by atoms with van der Waals surface area (Å²) in [5.41, 5.74) is 0.600. The molecule has 4 aromatic rings. The van der Waals surface area contributed by atoms with Gasteiger partial charge in [0.15, 0.2) is 0 Å². The van der Waals surface area contributed by atoms with Crippen molar-refractivity contribution in [3.63, 3.8) is 0 Å². The van der Waals surface area contributed by atoms with E-state index in [0.29, 0.717) is 5.52 Å². The van der Waals surface area contributed by atoms with Crippen molar-refractivity contribution in [3.8, 4) is 0 Å². The molecular formula is C16H9F3N2. The molecule has 0 saturated carbocycles. The van der Waals surface area contributed by atoms with Crippen LogP contribution in [0.3, 0.4) is 0 Å². The van der Waals surface area contributed by atoms with Crippen LogP contribution in [-0.4, -0.2) is 9.61 Å². The number of benzene rings is 2. The van der Waals surface area contributed by atoms with Crippen LogP contribution in [0.1, 0.15) is 5.56 Å². The van der Waals surface area contributed by atoms with E-state index in [1.54, 1.807) is 10.7 Å². The van der Waals surface area contributed by atoms with E-state index in [-0.39, 0.29) is 0 Å². The van der Waals surface area contributed by atoms with Gasteiger partial charge in [0, 0.05) is 10.8 Å². The van der Waals surface area contributed by atoms with Crippen molar-refractivity contribution in [1.29, 1.82) is 0 Å². The van der Waals surface area contributed by atoms with Gasteiger partial charge >= 0.3 is 6.18 Å². The Morgan fingerprint density at radius 1 is 0.810 bits per heavy atom. The van der Waals surface area contributed by atoms with Gasteiger partial charge in [0.1, 0.15) is 0 Å². The molecule has 2 heterocycles. The first-order valence-corrected chi connectivity index (χ1v) is 6.41. The third-order valence-corrected chi connectivity index (χ3v) is 3.69. The highest BCUT2D eigenvalue weighted by molar-refractivity contribution is 6.12. The molecule has 0 aliphatic rings. The molecule has 0 atom stereocenters. The van der Waals surface area contributed by atoms with Gasteiger partial charge in [-0.05, 0) is 23.6 Å². The lowest BCUT2D eigenvalue weighted by Crippen LogP contribution is -2.05. The third-order valence-electron chi connectivity index (χ3n) is 3.69. The summed E-state index contributed by atoms with van der Waals surface area (Å²) in [7, 11) is 0. The Bertz CT molecular complexity index is 983. The molecule has 104 valence electrons. The summed E-state index contributed by atoms with van der Waals surface area (Å²) >= 11 is 0. The number of fused-ring (bicyclic) bond motifs is 6. The molecule has 0 N–H and O–H groups in total. The summed E-state index contributed by atoms with van der Waals surface area (Å²) in [6.45, 7) is 0. The summed E-state index contributed by atoms with van der Waals surface area (Å²) in [5.74, 6) is 0. The maximum Gasteiger partial charge on any atom is 0.416 e. The Hall–Kier alpha value is -2.56. The van der Waals surface area contributed by atoms with Crippen molar-refractivity contribution < 1.29 is 13.2 Å². The molecule has 5 heteroatoms. The summed E-state index contributed by atoms with van der Waals surface area (Å²) in [6.07, 6.45) is -2.76. The van der Waals surface area contributed by atoms with Gasteiger partial charge in [0.2, 0.25) is 0 Å². The van der Waals surface area contributed by atoms with Crippen LogP contribution in [0.4, 0.5) is 13.2 Å². The Morgan fingerprint density at radius 3 is 2.29 bits per heavy atom. The van der Waals surface area contributed by atoms with E-state index in [4.69, 9.17) is 0 Å². The first-order valence-electron chi connectivity index (χ1n) is 6.41. The topological polar surface area (TPSA) is 17.3 Å². The zero-order valence-electron chi connectivity index (χ0n) is 10.7. The Labute approximate surface area is 117 Å². The fraction of sp³-hybridized carbons (Fsp3) is 0.0625. The van der Waals surface area contributed by atoms with Crippen LogP contribution in [-0.2, 0) is 6.18 Å². The molecule has 2 nitrogen and oxygen atoms in total. The number of nitrogens with zero attached hydrogens (tertiary/aromatic N) is 2. The van der Waals surface area contributed by atoms with E-state index in [1.165, 1.54) is 6.07 Å². The fourth-order valence-corrected chi connectivity index (χ4v) is 2.75. The lowest BCUT2D eigenvalue weighted by atomic mass is 10.0. The molecule has 2 aromatic heterocycles. The van der Waals surface area contributed by atoms with E-state index in [9.17, 15) is 13.2 Å². The van der Waals surface area contributed by atoms with Gasteiger partial charge in [0.05, 0.1) is 22.8 Å². The van der Waals surface area contributed by atoms with Crippen molar-refractivity contribution in [2.45, 2.75) is 6.18 Å². The lowest BCUT2D eigenvalue weighted by Gasteiger charge is -2.11. The van der Waals surface area contributed by atoms with Crippen LogP contribution in [0, 0.1) is 0 Å². The van der Waals surface area contributed by atoms with E-state index < -0.39 is 11.7 Å². The standard InChI is InChI=1S/C16H9F3N2/c17-16(18,19)10-5-6-13-11-3-1-2-4-12(11)14-7-8-20-21(14)15(13)9-10/h1-9H. The van der Waals surface area contributed by atoms with Gasteiger partial charge < -0.3 is 0 Å². The summed E-state index contributed by atoms with van der Waals surface area (Å²) in [5, 5.41) is 6.83. The minimum absolute atomic E-state index is 0.462. The predicted octanol–water partition coefficient (Wildman–Crippen LogP) is 4.66. The zero-order valence-corrected chi connectivity index (χ0v) is 10.7.